The highest BCUT2D eigenvalue weighted by Gasteiger charge is 2.25. The summed E-state index contributed by atoms with van der Waals surface area (Å²) in [4.78, 5) is 13.6. The Morgan fingerprint density at radius 1 is 1.15 bits per heavy atom. The molecule has 4 rings (SSSR count). The zero-order valence-corrected chi connectivity index (χ0v) is 15.2. The van der Waals surface area contributed by atoms with E-state index >= 15 is 0 Å². The van der Waals surface area contributed by atoms with Gasteiger partial charge in [-0.25, -0.2) is 0 Å². The first kappa shape index (κ1) is 16.4. The van der Waals surface area contributed by atoms with Crippen LogP contribution in [0.3, 0.4) is 0 Å². The van der Waals surface area contributed by atoms with Gasteiger partial charge in [0.15, 0.2) is 5.82 Å². The van der Waals surface area contributed by atoms with Gasteiger partial charge in [0.05, 0.1) is 12.7 Å². The molecule has 7 heteroatoms. The van der Waals surface area contributed by atoms with Crippen LogP contribution in [0.1, 0.15) is 18.2 Å². The maximum Gasteiger partial charge on any atom is 0.219 e. The maximum absolute atomic E-state index is 11.7. The van der Waals surface area contributed by atoms with Crippen LogP contribution < -0.4 is 5.32 Å². The molecule has 26 heavy (non-hydrogen) atoms. The van der Waals surface area contributed by atoms with Crippen molar-refractivity contribution in [2.45, 2.75) is 19.9 Å². The Hall–Kier alpha value is -3.09. The number of hydrogen-bond acceptors (Lipinski definition) is 4. The van der Waals surface area contributed by atoms with Crippen LogP contribution in [-0.4, -0.2) is 36.9 Å². The average Bonchev–Trinajstić information content (AvgIpc) is 3.19. The third kappa shape index (κ3) is 2.96. The zero-order valence-electron chi connectivity index (χ0n) is 15.2. The van der Waals surface area contributed by atoms with Crippen LogP contribution in [0.2, 0.25) is 0 Å². The summed E-state index contributed by atoms with van der Waals surface area (Å²) in [6.45, 7) is 2.97. The predicted octanol–water partition coefficient (Wildman–Crippen LogP) is 2.47. The number of fused-ring (bicyclic) bond motifs is 1. The molecule has 0 saturated carbocycles. The number of rotatable bonds is 3. The Kier molecular flexibility index (Phi) is 3.99. The number of benzene rings is 1. The molecule has 0 atom stereocenters. The van der Waals surface area contributed by atoms with Gasteiger partial charge in [0.2, 0.25) is 5.91 Å². The Labute approximate surface area is 152 Å². The third-order valence-electron chi connectivity index (χ3n) is 4.87. The van der Waals surface area contributed by atoms with Crippen LogP contribution in [0.15, 0.2) is 36.7 Å². The quantitative estimate of drug-likeness (QED) is 0.788. The molecule has 0 unspecified atom stereocenters. The minimum Gasteiger partial charge on any atom is -0.338 e. The van der Waals surface area contributed by atoms with E-state index in [9.17, 15) is 4.79 Å². The van der Waals surface area contributed by atoms with Crippen LogP contribution in [0.5, 0.6) is 0 Å². The number of carbonyl (C=O) groups is 1. The summed E-state index contributed by atoms with van der Waals surface area (Å²) in [7, 11) is 3.87. The fourth-order valence-electron chi connectivity index (χ4n) is 3.41. The summed E-state index contributed by atoms with van der Waals surface area (Å²) < 4.78 is 3.71. The van der Waals surface area contributed by atoms with E-state index in [1.807, 2.05) is 48.2 Å². The van der Waals surface area contributed by atoms with Gasteiger partial charge in [0.1, 0.15) is 0 Å². The predicted molar refractivity (Wildman–Crippen MR) is 99.9 cm³/mol. The summed E-state index contributed by atoms with van der Waals surface area (Å²) >= 11 is 0. The smallest absolute Gasteiger partial charge is 0.219 e. The minimum atomic E-state index is 0.103. The molecule has 0 fully saturated rings. The zero-order chi connectivity index (χ0) is 18.3. The van der Waals surface area contributed by atoms with Crippen molar-refractivity contribution in [2.75, 3.05) is 11.9 Å². The van der Waals surface area contributed by atoms with Crippen molar-refractivity contribution in [3.8, 4) is 11.1 Å². The molecule has 134 valence electrons. The monoisotopic (exact) mass is 350 g/mol. The summed E-state index contributed by atoms with van der Waals surface area (Å²) in [5.74, 6) is 0.925. The molecule has 3 heterocycles. The van der Waals surface area contributed by atoms with E-state index in [1.165, 1.54) is 5.69 Å². The Balaban J connectivity index is 1.57. The lowest BCUT2D eigenvalue weighted by atomic mass is 10.1. The molecule has 2 aromatic heterocycles. The van der Waals surface area contributed by atoms with E-state index in [-0.39, 0.29) is 5.91 Å². The second-order valence-corrected chi connectivity index (χ2v) is 6.69. The van der Waals surface area contributed by atoms with Gasteiger partial charge in [-0.1, -0.05) is 12.1 Å². The molecule has 0 bridgehead atoms. The van der Waals surface area contributed by atoms with Crippen molar-refractivity contribution in [3.05, 3.63) is 47.9 Å². The van der Waals surface area contributed by atoms with Crippen molar-refractivity contribution >= 4 is 17.4 Å². The fraction of sp³-hybridized carbons (Fsp3) is 0.316. The van der Waals surface area contributed by atoms with Crippen molar-refractivity contribution in [1.29, 1.82) is 0 Å². The van der Waals surface area contributed by atoms with Crippen molar-refractivity contribution in [3.63, 3.8) is 0 Å². The van der Waals surface area contributed by atoms with Crippen molar-refractivity contribution in [1.82, 2.24) is 24.5 Å². The number of nitrogens with one attached hydrogen (secondary N) is 1. The summed E-state index contributed by atoms with van der Waals surface area (Å²) in [5.41, 5.74) is 5.47. The van der Waals surface area contributed by atoms with E-state index in [2.05, 4.69) is 27.6 Å². The average molecular weight is 350 g/mol. The number of aromatic nitrogens is 4. The van der Waals surface area contributed by atoms with E-state index in [1.54, 1.807) is 11.6 Å². The number of amides is 1. The van der Waals surface area contributed by atoms with Crippen LogP contribution in [-0.2, 0) is 31.9 Å². The standard InChI is InChI=1S/C19H22N6O/c1-13(26)25-9-8-18-17(12-25)19(22-24(18)3)21-16-6-4-14(5-7-16)15-10-20-23(2)11-15/h4-7,10-11H,8-9,12H2,1-3H3,(H,21,22). The van der Waals surface area contributed by atoms with Crippen LogP contribution in [0, 0.1) is 0 Å². The molecule has 1 N–H and O–H groups in total. The number of nitrogens with zero attached hydrogens (tertiary/aromatic N) is 5. The lowest BCUT2D eigenvalue weighted by Crippen LogP contribution is -2.34. The first-order valence-electron chi connectivity index (χ1n) is 8.67. The molecule has 7 nitrogen and oxygen atoms in total. The topological polar surface area (TPSA) is 68.0 Å². The lowest BCUT2D eigenvalue weighted by Gasteiger charge is -2.26. The number of anilines is 2. The van der Waals surface area contributed by atoms with Gasteiger partial charge < -0.3 is 10.2 Å². The van der Waals surface area contributed by atoms with Gasteiger partial charge in [-0.2, -0.15) is 10.2 Å². The molecule has 1 amide bonds. The first-order chi connectivity index (χ1) is 12.5. The van der Waals surface area contributed by atoms with Crippen molar-refractivity contribution in [2.24, 2.45) is 14.1 Å². The van der Waals surface area contributed by atoms with Gasteiger partial charge in [0.25, 0.3) is 0 Å². The molecule has 0 spiro atoms. The summed E-state index contributed by atoms with van der Waals surface area (Å²) in [5, 5.41) is 12.2. The van der Waals surface area contributed by atoms with Gasteiger partial charge in [-0.3, -0.25) is 14.2 Å². The lowest BCUT2D eigenvalue weighted by molar-refractivity contribution is -0.129. The third-order valence-corrected chi connectivity index (χ3v) is 4.87. The number of carbonyl (C=O) groups excluding carboxylic acids is 1. The molecular weight excluding hydrogens is 328 g/mol. The highest BCUT2D eigenvalue weighted by molar-refractivity contribution is 5.74. The van der Waals surface area contributed by atoms with Crippen molar-refractivity contribution < 1.29 is 4.79 Å². The van der Waals surface area contributed by atoms with Gasteiger partial charge in [-0.15, -0.1) is 0 Å². The van der Waals surface area contributed by atoms with Gasteiger partial charge in [0, 0.05) is 62.7 Å². The molecule has 1 aliphatic heterocycles. The van der Waals surface area contributed by atoms with Crippen LogP contribution in [0.25, 0.3) is 11.1 Å². The molecular formula is C19H22N6O. The second-order valence-electron chi connectivity index (χ2n) is 6.69. The second kappa shape index (κ2) is 6.33. The SMILES string of the molecule is CC(=O)N1CCc2c(c(Nc3ccc(-c4cnn(C)c4)cc3)nn2C)C1. The van der Waals surface area contributed by atoms with Crippen LogP contribution in [0.4, 0.5) is 11.5 Å². The Bertz CT molecular complexity index is 953. The molecule has 0 saturated heterocycles. The Morgan fingerprint density at radius 3 is 2.58 bits per heavy atom. The number of aryl methyl sites for hydroxylation is 2. The molecule has 1 aromatic carbocycles. The van der Waals surface area contributed by atoms with E-state index < -0.39 is 0 Å². The minimum absolute atomic E-state index is 0.103. The molecule has 0 aliphatic carbocycles. The maximum atomic E-state index is 11.7. The highest BCUT2D eigenvalue weighted by atomic mass is 16.2. The molecule has 1 aliphatic rings. The number of hydrogen-bond donors (Lipinski definition) is 1. The van der Waals surface area contributed by atoms with E-state index in [0.717, 1.165) is 41.2 Å². The fourth-order valence-corrected chi connectivity index (χ4v) is 3.41. The van der Waals surface area contributed by atoms with E-state index in [0.29, 0.717) is 6.54 Å². The van der Waals surface area contributed by atoms with Gasteiger partial charge in [-0.05, 0) is 17.7 Å². The Morgan fingerprint density at radius 2 is 1.92 bits per heavy atom. The highest BCUT2D eigenvalue weighted by Crippen LogP contribution is 2.29. The van der Waals surface area contributed by atoms with Crippen LogP contribution >= 0.6 is 0 Å². The summed E-state index contributed by atoms with van der Waals surface area (Å²) in [6, 6.07) is 8.21. The largest absolute Gasteiger partial charge is 0.338 e. The van der Waals surface area contributed by atoms with E-state index in [4.69, 9.17) is 0 Å². The molecule has 0 radical (unpaired) electrons. The summed E-state index contributed by atoms with van der Waals surface area (Å²) in [6.07, 6.45) is 4.68. The van der Waals surface area contributed by atoms with Gasteiger partial charge >= 0.3 is 0 Å². The first-order valence-corrected chi connectivity index (χ1v) is 8.67. The molecule has 3 aromatic rings. The normalized spacial score (nSPS) is 13.6.